The van der Waals surface area contributed by atoms with Crippen molar-refractivity contribution in [2.75, 3.05) is 43.3 Å². The number of nitrogens with zero attached hydrogens (tertiary/aromatic N) is 2. The van der Waals surface area contributed by atoms with Crippen molar-refractivity contribution in [2.24, 2.45) is 0 Å². The first kappa shape index (κ1) is 15.6. The smallest absolute Gasteiger partial charge is 0.253 e. The molecule has 116 valence electrons. The highest BCUT2D eigenvalue weighted by Crippen LogP contribution is 2.24. The molecular formula is C14H21N3O3S. The third-order valence-electron chi connectivity index (χ3n) is 3.83. The number of nitrogen functional groups attached to an aromatic ring is 1. The largest absolute Gasteiger partial charge is 0.397 e. The van der Waals surface area contributed by atoms with E-state index >= 15 is 0 Å². The predicted molar refractivity (Wildman–Crippen MR) is 84.3 cm³/mol. The van der Waals surface area contributed by atoms with Gasteiger partial charge in [-0.2, -0.15) is 0 Å². The summed E-state index contributed by atoms with van der Waals surface area (Å²) in [5.74, 6) is -0.00794. The van der Waals surface area contributed by atoms with E-state index in [1.54, 1.807) is 25.2 Å². The minimum atomic E-state index is -3.01. The fourth-order valence-corrected chi connectivity index (χ4v) is 4.32. The molecule has 0 saturated carbocycles. The van der Waals surface area contributed by atoms with E-state index in [9.17, 15) is 13.2 Å². The topological polar surface area (TPSA) is 83.7 Å². The summed E-state index contributed by atoms with van der Waals surface area (Å²) in [6.07, 6.45) is 0.496. The molecule has 1 unspecified atom stereocenters. The molecule has 0 aromatic heterocycles. The monoisotopic (exact) mass is 311 g/mol. The van der Waals surface area contributed by atoms with E-state index in [-0.39, 0.29) is 23.5 Å². The van der Waals surface area contributed by atoms with Gasteiger partial charge in [0.2, 0.25) is 0 Å². The summed E-state index contributed by atoms with van der Waals surface area (Å²) in [4.78, 5) is 15.8. The maximum Gasteiger partial charge on any atom is 0.253 e. The molecule has 0 aliphatic carbocycles. The van der Waals surface area contributed by atoms with Gasteiger partial charge in [-0.1, -0.05) is 0 Å². The van der Waals surface area contributed by atoms with Crippen LogP contribution in [-0.2, 0) is 9.84 Å². The number of anilines is 2. The lowest BCUT2D eigenvalue weighted by Crippen LogP contribution is -2.37. The maximum atomic E-state index is 12.4. The molecule has 1 saturated heterocycles. The lowest BCUT2D eigenvalue weighted by molar-refractivity contribution is 0.0748. The molecule has 2 N–H and O–H groups in total. The summed E-state index contributed by atoms with van der Waals surface area (Å²) in [7, 11) is 2.39. The Morgan fingerprint density at radius 1 is 1.29 bits per heavy atom. The van der Waals surface area contributed by atoms with Gasteiger partial charge in [-0.05, 0) is 24.6 Å². The van der Waals surface area contributed by atoms with Gasteiger partial charge >= 0.3 is 0 Å². The highest BCUT2D eigenvalue weighted by molar-refractivity contribution is 7.91. The molecule has 1 aromatic carbocycles. The van der Waals surface area contributed by atoms with E-state index in [0.717, 1.165) is 5.69 Å². The van der Waals surface area contributed by atoms with Gasteiger partial charge in [0.05, 0.1) is 22.9 Å². The molecule has 1 atom stereocenters. The number of hydrogen-bond acceptors (Lipinski definition) is 5. The van der Waals surface area contributed by atoms with Crippen LogP contribution in [0.4, 0.5) is 11.4 Å². The Labute approximate surface area is 125 Å². The summed E-state index contributed by atoms with van der Waals surface area (Å²) >= 11 is 0. The van der Waals surface area contributed by atoms with E-state index in [2.05, 4.69) is 0 Å². The van der Waals surface area contributed by atoms with Crippen LogP contribution >= 0.6 is 0 Å². The quantitative estimate of drug-likeness (QED) is 0.826. The highest BCUT2D eigenvalue weighted by atomic mass is 32.2. The Bertz CT molecular complexity index is 655. The van der Waals surface area contributed by atoms with Crippen LogP contribution in [0.3, 0.4) is 0 Å². The summed E-state index contributed by atoms with van der Waals surface area (Å²) in [6, 6.07) is 4.89. The normalized spacial score (nSPS) is 20.2. The van der Waals surface area contributed by atoms with Crippen LogP contribution in [-0.4, -0.2) is 57.9 Å². The Morgan fingerprint density at radius 2 is 1.95 bits per heavy atom. The van der Waals surface area contributed by atoms with Crippen LogP contribution in [0.5, 0.6) is 0 Å². The molecule has 2 rings (SSSR count). The van der Waals surface area contributed by atoms with E-state index < -0.39 is 9.84 Å². The van der Waals surface area contributed by atoms with Crippen LogP contribution in [0.2, 0.25) is 0 Å². The Morgan fingerprint density at radius 3 is 2.43 bits per heavy atom. The lowest BCUT2D eigenvalue weighted by atomic mass is 10.1. The van der Waals surface area contributed by atoms with Crippen LogP contribution in [0.15, 0.2) is 18.2 Å². The van der Waals surface area contributed by atoms with Gasteiger partial charge < -0.3 is 15.5 Å². The first-order chi connectivity index (χ1) is 9.71. The molecule has 7 heteroatoms. The molecule has 6 nitrogen and oxygen atoms in total. The van der Waals surface area contributed by atoms with Gasteiger partial charge in [0.15, 0.2) is 9.84 Å². The number of sulfone groups is 1. The van der Waals surface area contributed by atoms with Crippen molar-refractivity contribution in [3.8, 4) is 0 Å². The van der Waals surface area contributed by atoms with Crippen molar-refractivity contribution in [1.29, 1.82) is 0 Å². The Hall–Kier alpha value is -1.76. The zero-order valence-corrected chi connectivity index (χ0v) is 13.4. The van der Waals surface area contributed by atoms with Crippen molar-refractivity contribution < 1.29 is 13.2 Å². The van der Waals surface area contributed by atoms with Gasteiger partial charge in [-0.25, -0.2) is 8.42 Å². The lowest BCUT2D eigenvalue weighted by Gasteiger charge is -2.24. The number of carbonyl (C=O) groups is 1. The van der Waals surface area contributed by atoms with Gasteiger partial charge in [-0.15, -0.1) is 0 Å². The number of rotatable bonds is 3. The van der Waals surface area contributed by atoms with Crippen molar-refractivity contribution >= 4 is 27.1 Å². The van der Waals surface area contributed by atoms with Crippen molar-refractivity contribution in [3.63, 3.8) is 0 Å². The van der Waals surface area contributed by atoms with E-state index in [1.807, 2.05) is 19.0 Å². The van der Waals surface area contributed by atoms with E-state index in [4.69, 9.17) is 5.73 Å². The number of benzene rings is 1. The molecule has 1 fully saturated rings. The first-order valence-electron chi connectivity index (χ1n) is 6.76. The molecule has 1 heterocycles. The predicted octanol–water partition coefficient (Wildman–Crippen LogP) is 0.594. The minimum Gasteiger partial charge on any atom is -0.397 e. The summed E-state index contributed by atoms with van der Waals surface area (Å²) < 4.78 is 23.0. The molecule has 1 aliphatic heterocycles. The number of nitrogens with two attached hydrogens (primary N) is 1. The van der Waals surface area contributed by atoms with Crippen molar-refractivity contribution in [2.45, 2.75) is 12.5 Å². The second-order valence-corrected chi connectivity index (χ2v) is 7.87. The zero-order valence-electron chi connectivity index (χ0n) is 12.5. The molecule has 1 aliphatic rings. The van der Waals surface area contributed by atoms with Gasteiger partial charge in [0, 0.05) is 32.7 Å². The fourth-order valence-electron chi connectivity index (χ4n) is 2.55. The summed E-state index contributed by atoms with van der Waals surface area (Å²) in [6.45, 7) is 0. The highest BCUT2D eigenvalue weighted by Gasteiger charge is 2.33. The Balaban J connectivity index is 2.18. The standard InChI is InChI=1S/C14H21N3O3S/c1-16(2)13-5-4-10(8-12(13)15)14(18)17(3)11-6-7-21(19,20)9-11/h4-5,8,11H,6-7,9,15H2,1-3H3. The summed E-state index contributed by atoms with van der Waals surface area (Å²) in [5, 5.41) is 0. The number of amides is 1. The molecular weight excluding hydrogens is 290 g/mol. The van der Waals surface area contributed by atoms with Gasteiger partial charge in [0.1, 0.15) is 0 Å². The third kappa shape index (κ3) is 3.29. The van der Waals surface area contributed by atoms with Crippen LogP contribution in [0, 0.1) is 0 Å². The zero-order chi connectivity index (χ0) is 15.8. The fraction of sp³-hybridized carbons (Fsp3) is 0.500. The SMILES string of the molecule is CN(C)c1ccc(C(=O)N(C)C2CCS(=O)(=O)C2)cc1N. The molecule has 0 bridgehead atoms. The molecule has 0 radical (unpaired) electrons. The maximum absolute atomic E-state index is 12.4. The Kier molecular flexibility index (Phi) is 4.13. The first-order valence-corrected chi connectivity index (χ1v) is 8.58. The van der Waals surface area contributed by atoms with Crippen LogP contribution in [0.25, 0.3) is 0 Å². The number of carbonyl (C=O) groups excluding carboxylic acids is 1. The molecule has 1 aromatic rings. The van der Waals surface area contributed by atoms with Crippen LogP contribution < -0.4 is 10.6 Å². The van der Waals surface area contributed by atoms with Gasteiger partial charge in [-0.3, -0.25) is 4.79 Å². The molecule has 21 heavy (non-hydrogen) atoms. The van der Waals surface area contributed by atoms with E-state index in [0.29, 0.717) is 17.7 Å². The molecule has 0 spiro atoms. The average Bonchev–Trinajstić information content (AvgIpc) is 2.76. The van der Waals surface area contributed by atoms with Crippen molar-refractivity contribution in [3.05, 3.63) is 23.8 Å². The molecule has 1 amide bonds. The average molecular weight is 311 g/mol. The van der Waals surface area contributed by atoms with Gasteiger partial charge in [0.25, 0.3) is 5.91 Å². The van der Waals surface area contributed by atoms with E-state index in [1.165, 1.54) is 4.90 Å². The second kappa shape index (κ2) is 5.55. The number of hydrogen-bond donors (Lipinski definition) is 1. The van der Waals surface area contributed by atoms with Crippen molar-refractivity contribution in [1.82, 2.24) is 4.90 Å². The minimum absolute atomic E-state index is 0.0422. The second-order valence-electron chi connectivity index (χ2n) is 5.64. The third-order valence-corrected chi connectivity index (χ3v) is 5.58. The van der Waals surface area contributed by atoms with Crippen LogP contribution in [0.1, 0.15) is 16.8 Å². The summed E-state index contributed by atoms with van der Waals surface area (Å²) in [5.41, 5.74) is 7.80.